The van der Waals surface area contributed by atoms with Crippen LogP contribution in [-0.4, -0.2) is 108 Å². The van der Waals surface area contributed by atoms with Crippen LogP contribution in [0.2, 0.25) is 5.02 Å². The molecular weight excluding hydrogens is 808 g/mol. The molecule has 0 radical (unpaired) electrons. The van der Waals surface area contributed by atoms with Crippen molar-refractivity contribution in [3.63, 3.8) is 0 Å². The molecule has 14 nitrogen and oxygen atoms in total. The number of piperazine rings is 1. The summed E-state index contributed by atoms with van der Waals surface area (Å²) >= 11 is 6.26. The van der Waals surface area contributed by atoms with Crippen molar-refractivity contribution in [2.75, 3.05) is 49.1 Å². The molecule has 62 heavy (non-hydrogen) atoms. The number of aromatic nitrogens is 1. The maximum atomic E-state index is 13.6. The van der Waals surface area contributed by atoms with Crippen molar-refractivity contribution in [1.82, 2.24) is 25.4 Å². The van der Waals surface area contributed by atoms with Gasteiger partial charge in [-0.2, -0.15) is 5.26 Å². The lowest BCUT2D eigenvalue weighted by atomic mass is 9.49. The van der Waals surface area contributed by atoms with Gasteiger partial charge in [0.05, 0.1) is 27.3 Å². The fourth-order valence-electron chi connectivity index (χ4n) is 11.7. The first-order valence-corrected chi connectivity index (χ1v) is 22.2. The lowest BCUT2D eigenvalue weighted by Crippen LogP contribution is -2.74. The van der Waals surface area contributed by atoms with E-state index in [0.717, 1.165) is 74.9 Å². The molecule has 9 rings (SSSR count). The number of imide groups is 2. The molecule has 5 amide bonds. The van der Waals surface area contributed by atoms with Gasteiger partial charge in [0, 0.05) is 86.6 Å². The van der Waals surface area contributed by atoms with E-state index in [9.17, 15) is 29.2 Å². The van der Waals surface area contributed by atoms with Gasteiger partial charge >= 0.3 is 0 Å². The third-order valence-electron chi connectivity index (χ3n) is 14.7. The minimum Gasteiger partial charge on any atom is -0.489 e. The maximum absolute atomic E-state index is 13.6. The molecule has 0 bridgehead atoms. The number of halogens is 1. The van der Waals surface area contributed by atoms with Crippen molar-refractivity contribution in [1.29, 1.82) is 5.26 Å². The molecule has 0 spiro atoms. The van der Waals surface area contributed by atoms with Gasteiger partial charge in [-0.15, -0.1) is 0 Å². The van der Waals surface area contributed by atoms with Gasteiger partial charge in [-0.1, -0.05) is 39.3 Å². The van der Waals surface area contributed by atoms with Crippen LogP contribution in [0.4, 0.5) is 11.5 Å². The van der Waals surface area contributed by atoms with Crippen molar-refractivity contribution >= 4 is 52.6 Å². The van der Waals surface area contributed by atoms with E-state index in [-0.39, 0.29) is 41.7 Å². The average Bonchev–Trinajstić information content (AvgIpc) is 3.51. The highest BCUT2D eigenvalue weighted by Crippen LogP contribution is 2.55. The third-order valence-corrected chi connectivity index (χ3v) is 15.0. The van der Waals surface area contributed by atoms with Crippen LogP contribution in [0.1, 0.15) is 103 Å². The number of pyridine rings is 1. The number of nitrogens with one attached hydrogen (secondary N) is 2. The van der Waals surface area contributed by atoms with Gasteiger partial charge in [0.15, 0.2) is 0 Å². The van der Waals surface area contributed by atoms with E-state index in [1.165, 1.54) is 6.42 Å². The quantitative estimate of drug-likeness (QED) is 0.277. The van der Waals surface area contributed by atoms with E-state index in [4.69, 9.17) is 21.3 Å². The number of piperidine rings is 2. The van der Waals surface area contributed by atoms with Crippen molar-refractivity contribution in [2.45, 2.75) is 90.4 Å². The second-order valence-electron chi connectivity index (χ2n) is 19.1. The first kappa shape index (κ1) is 41.8. The third kappa shape index (κ3) is 7.36. The zero-order chi connectivity index (χ0) is 43.7. The summed E-state index contributed by atoms with van der Waals surface area (Å²) in [7, 11) is 0. The summed E-state index contributed by atoms with van der Waals surface area (Å²) < 4.78 is 6.39. The molecule has 5 heterocycles. The standard InChI is InChI=1S/C47H53ClN8O6/c1-46(2)44(47(3,4)45(46)62-33-10-6-28(24-49)36(48)23-33)52-40(58)29-7-13-38(50-25-29)55-16-15-27-21-31(8-5-30(27)26-55)53-17-19-54(20-18-53)32-9-11-34-35(22-32)43(61)56(42(34)60)37-12-14-39(57)51-41(37)59/h6-7,9-11,13,22-23,25,27,30-31,37,44-45H,5,8,12,14-21,26H2,1-4H3,(H,52,58)(H,51,57,59)/t27-,30-,31+,37?,44-,45-/m1/s1. The molecule has 1 aromatic heterocycles. The normalized spacial score (nSPS) is 28.0. The fraction of sp³-hybridized carbons (Fsp3) is 0.511. The van der Waals surface area contributed by atoms with Gasteiger partial charge in [-0.05, 0) is 86.4 Å². The molecular formula is C47H53ClN8O6. The molecule has 1 unspecified atom stereocenters. The summed E-state index contributed by atoms with van der Waals surface area (Å²) in [5, 5.41) is 15.1. The molecule has 15 heteroatoms. The smallest absolute Gasteiger partial charge is 0.262 e. The Morgan fingerprint density at radius 1 is 0.871 bits per heavy atom. The molecule has 324 valence electrons. The molecule has 5 fully saturated rings. The summed E-state index contributed by atoms with van der Waals surface area (Å²) in [5.41, 5.74) is 1.69. The Morgan fingerprint density at radius 2 is 1.63 bits per heavy atom. The molecule has 4 aliphatic heterocycles. The predicted octanol–water partition coefficient (Wildman–Crippen LogP) is 5.44. The molecule has 2 aromatic carbocycles. The fourth-order valence-corrected chi connectivity index (χ4v) is 11.9. The van der Waals surface area contributed by atoms with E-state index < -0.39 is 29.7 Å². The molecule has 3 aromatic rings. The van der Waals surface area contributed by atoms with Gasteiger partial charge in [-0.3, -0.25) is 39.1 Å². The largest absolute Gasteiger partial charge is 0.489 e. The molecule has 2 aliphatic carbocycles. The number of benzene rings is 2. The SMILES string of the molecule is CC1(C)[C@H](NC(=O)c2ccc(N3CC[C@@H]4C[C@@H](N5CCN(c6ccc7c(c6)C(=O)N(C6CCC(=O)NC6=O)C7=O)CC5)CC[C@@H]4C3)nc2)C(C)(C)[C@H]1Oc1ccc(C#N)c(Cl)c1. The topological polar surface area (TPSA) is 168 Å². The zero-order valence-electron chi connectivity index (χ0n) is 35.7. The van der Waals surface area contributed by atoms with Crippen molar-refractivity contribution in [3.8, 4) is 11.8 Å². The summed E-state index contributed by atoms with van der Waals surface area (Å²) in [6, 6.07) is 15.8. The van der Waals surface area contributed by atoms with E-state index in [2.05, 4.69) is 59.1 Å². The van der Waals surface area contributed by atoms with Crippen molar-refractivity contribution in [2.24, 2.45) is 22.7 Å². The number of rotatable bonds is 8. The Labute approximate surface area is 366 Å². The Bertz CT molecular complexity index is 2360. The Morgan fingerprint density at radius 3 is 2.32 bits per heavy atom. The minimum absolute atomic E-state index is 0.0919. The number of nitrogens with zero attached hydrogens (tertiary/aromatic N) is 6. The zero-order valence-corrected chi connectivity index (χ0v) is 36.4. The molecule has 2 saturated carbocycles. The second-order valence-corrected chi connectivity index (χ2v) is 19.5. The Hall–Kier alpha value is -5.52. The van der Waals surface area contributed by atoms with Crippen LogP contribution < -0.4 is 25.2 Å². The van der Waals surface area contributed by atoms with Crippen LogP contribution in [-0.2, 0) is 9.59 Å². The van der Waals surface area contributed by atoms with Gasteiger partial charge in [0.25, 0.3) is 17.7 Å². The summed E-state index contributed by atoms with van der Waals surface area (Å²) in [6.07, 6.45) is 6.31. The van der Waals surface area contributed by atoms with Crippen LogP contribution in [0.5, 0.6) is 5.75 Å². The van der Waals surface area contributed by atoms with Crippen LogP contribution in [0.3, 0.4) is 0 Å². The molecule has 4 atom stereocenters. The van der Waals surface area contributed by atoms with Crippen LogP contribution >= 0.6 is 11.6 Å². The van der Waals surface area contributed by atoms with Gasteiger partial charge in [-0.25, -0.2) is 4.98 Å². The number of nitriles is 1. The van der Waals surface area contributed by atoms with Crippen molar-refractivity contribution < 1.29 is 28.7 Å². The highest BCUT2D eigenvalue weighted by Gasteiger charge is 2.64. The molecule has 6 aliphatic rings. The first-order valence-electron chi connectivity index (χ1n) is 21.9. The lowest BCUT2D eigenvalue weighted by molar-refractivity contribution is -0.164. The number of fused-ring (bicyclic) bond motifs is 2. The number of carbonyl (C=O) groups is 5. The van der Waals surface area contributed by atoms with Gasteiger partial charge in [0.1, 0.15) is 29.8 Å². The van der Waals surface area contributed by atoms with E-state index in [1.54, 1.807) is 36.5 Å². The summed E-state index contributed by atoms with van der Waals surface area (Å²) in [5.74, 6) is 0.614. The highest BCUT2D eigenvalue weighted by atomic mass is 35.5. The maximum Gasteiger partial charge on any atom is 0.262 e. The number of ether oxygens (including phenoxy) is 1. The number of amides is 5. The van der Waals surface area contributed by atoms with Gasteiger partial charge < -0.3 is 19.9 Å². The van der Waals surface area contributed by atoms with E-state index in [0.29, 0.717) is 50.9 Å². The second kappa shape index (κ2) is 16.0. The lowest BCUT2D eigenvalue weighted by Gasteiger charge is -2.63. The summed E-state index contributed by atoms with van der Waals surface area (Å²) in [6.45, 7) is 13.7. The van der Waals surface area contributed by atoms with E-state index >= 15 is 0 Å². The van der Waals surface area contributed by atoms with Crippen LogP contribution in [0.15, 0.2) is 54.7 Å². The molecule has 3 saturated heterocycles. The van der Waals surface area contributed by atoms with E-state index in [1.807, 2.05) is 18.2 Å². The highest BCUT2D eigenvalue weighted by molar-refractivity contribution is 6.31. The van der Waals surface area contributed by atoms with Crippen LogP contribution in [0, 0.1) is 34.0 Å². The Balaban J connectivity index is 0.746. The number of hydrogen-bond donors (Lipinski definition) is 2. The van der Waals surface area contributed by atoms with Gasteiger partial charge in [0.2, 0.25) is 11.8 Å². The monoisotopic (exact) mass is 860 g/mol. The summed E-state index contributed by atoms with van der Waals surface area (Å²) in [4.78, 5) is 77.4. The molecule has 2 N–H and O–H groups in total. The Kier molecular flexibility index (Phi) is 10.8. The predicted molar refractivity (Wildman–Crippen MR) is 232 cm³/mol. The number of carbonyl (C=O) groups excluding carboxylic acids is 5. The average molecular weight is 861 g/mol. The minimum atomic E-state index is -0.974. The number of anilines is 2. The first-order chi connectivity index (χ1) is 29.6. The van der Waals surface area contributed by atoms with Crippen molar-refractivity contribution in [3.05, 3.63) is 82.0 Å². The van der Waals surface area contributed by atoms with Crippen LogP contribution in [0.25, 0.3) is 0 Å². The number of hydrogen-bond acceptors (Lipinski definition) is 11.